The second-order valence-electron chi connectivity index (χ2n) is 4.65. The second-order valence-corrected chi connectivity index (χ2v) is 4.65. The molecule has 0 bridgehead atoms. The third-order valence-electron chi connectivity index (χ3n) is 3.04. The topological polar surface area (TPSA) is 75.4 Å². The maximum Gasteiger partial charge on any atom is 0.250 e. The zero-order valence-electron chi connectivity index (χ0n) is 11.7. The molecule has 0 aliphatic heterocycles. The summed E-state index contributed by atoms with van der Waals surface area (Å²) in [7, 11) is 1.83. The predicted octanol–water partition coefficient (Wildman–Crippen LogP) is 1.86. The lowest BCUT2D eigenvalue weighted by molar-refractivity contribution is -0.114. The van der Waals surface area contributed by atoms with Gasteiger partial charge in [-0.25, -0.2) is 0 Å². The average molecular weight is 283 g/mol. The Balaban J connectivity index is 2.04. The summed E-state index contributed by atoms with van der Waals surface area (Å²) in [5, 5.41) is 2.71. The summed E-state index contributed by atoms with van der Waals surface area (Å²) < 4.78 is 0. The van der Waals surface area contributed by atoms with Gasteiger partial charge in [0, 0.05) is 12.7 Å². The Morgan fingerprint density at radius 1 is 1.05 bits per heavy atom. The van der Waals surface area contributed by atoms with Crippen molar-refractivity contribution >= 4 is 23.2 Å². The Bertz CT molecular complexity index is 641. The van der Waals surface area contributed by atoms with E-state index in [1.54, 1.807) is 24.3 Å². The molecule has 2 aromatic rings. The molecule has 108 valence electrons. The fraction of sp³-hybridized carbons (Fsp3) is 0.125. The van der Waals surface area contributed by atoms with Crippen molar-refractivity contribution in [2.45, 2.75) is 0 Å². The lowest BCUT2D eigenvalue weighted by Gasteiger charge is -2.19. The molecule has 2 aromatic carbocycles. The third kappa shape index (κ3) is 3.82. The molecule has 0 radical (unpaired) electrons. The number of rotatable bonds is 5. The lowest BCUT2D eigenvalue weighted by atomic mass is 10.1. The van der Waals surface area contributed by atoms with Gasteiger partial charge in [-0.15, -0.1) is 0 Å². The van der Waals surface area contributed by atoms with Gasteiger partial charge in [0.05, 0.1) is 17.8 Å². The van der Waals surface area contributed by atoms with Crippen LogP contribution in [0.3, 0.4) is 0 Å². The summed E-state index contributed by atoms with van der Waals surface area (Å²) in [4.78, 5) is 25.2. The van der Waals surface area contributed by atoms with Crippen LogP contribution in [0.4, 0.5) is 11.4 Å². The summed E-state index contributed by atoms with van der Waals surface area (Å²) in [6.45, 7) is 0.178. The van der Waals surface area contributed by atoms with Crippen molar-refractivity contribution in [1.29, 1.82) is 0 Å². The normalized spacial score (nSPS) is 9.95. The molecule has 5 nitrogen and oxygen atoms in total. The highest BCUT2D eigenvalue weighted by Crippen LogP contribution is 2.15. The van der Waals surface area contributed by atoms with E-state index in [0.717, 1.165) is 5.69 Å². The van der Waals surface area contributed by atoms with Crippen LogP contribution in [-0.4, -0.2) is 25.4 Å². The first-order chi connectivity index (χ1) is 10.1. The first kappa shape index (κ1) is 14.6. The number of nitrogens with zero attached hydrogens (tertiary/aromatic N) is 1. The maximum absolute atomic E-state index is 12.1. The molecular formula is C16H17N3O2. The van der Waals surface area contributed by atoms with Crippen LogP contribution in [0.5, 0.6) is 0 Å². The molecule has 3 N–H and O–H groups in total. The number of para-hydroxylation sites is 2. The molecular weight excluding hydrogens is 266 g/mol. The van der Waals surface area contributed by atoms with Gasteiger partial charge in [0.15, 0.2) is 0 Å². The highest BCUT2D eigenvalue weighted by Gasteiger charge is 2.12. The lowest BCUT2D eigenvalue weighted by Crippen LogP contribution is -2.30. The number of nitrogens with one attached hydrogen (secondary N) is 1. The van der Waals surface area contributed by atoms with Gasteiger partial charge < -0.3 is 16.0 Å². The molecule has 2 rings (SSSR count). The minimum Gasteiger partial charge on any atom is -0.366 e. The zero-order chi connectivity index (χ0) is 15.2. The van der Waals surface area contributed by atoms with E-state index in [-0.39, 0.29) is 12.5 Å². The Hall–Kier alpha value is -2.82. The molecule has 0 aromatic heterocycles. The van der Waals surface area contributed by atoms with E-state index in [0.29, 0.717) is 11.3 Å². The monoisotopic (exact) mass is 283 g/mol. The van der Waals surface area contributed by atoms with E-state index in [4.69, 9.17) is 5.73 Å². The number of nitrogens with two attached hydrogens (primary N) is 1. The minimum atomic E-state index is -0.567. The first-order valence-electron chi connectivity index (χ1n) is 6.53. The molecule has 0 saturated heterocycles. The largest absolute Gasteiger partial charge is 0.366 e. The molecule has 0 spiro atoms. The van der Waals surface area contributed by atoms with Gasteiger partial charge in [-0.2, -0.15) is 0 Å². The number of benzene rings is 2. The molecule has 0 atom stereocenters. The summed E-state index contributed by atoms with van der Waals surface area (Å²) >= 11 is 0. The standard InChI is InChI=1S/C16H17N3O2/c1-19(12-7-3-2-4-8-12)11-15(20)18-14-10-6-5-9-13(14)16(17)21/h2-10H,11H2,1H3,(H2,17,21)(H,18,20). The van der Waals surface area contributed by atoms with E-state index >= 15 is 0 Å². The molecule has 0 heterocycles. The van der Waals surface area contributed by atoms with Crippen molar-refractivity contribution in [2.75, 3.05) is 23.8 Å². The second kappa shape index (κ2) is 6.56. The van der Waals surface area contributed by atoms with E-state index < -0.39 is 5.91 Å². The summed E-state index contributed by atoms with van der Waals surface area (Å²) in [5.41, 5.74) is 6.95. The fourth-order valence-corrected chi connectivity index (χ4v) is 1.99. The van der Waals surface area contributed by atoms with Gasteiger partial charge in [0.1, 0.15) is 0 Å². The molecule has 0 saturated carbocycles. The SMILES string of the molecule is CN(CC(=O)Nc1ccccc1C(N)=O)c1ccccc1. The summed E-state index contributed by atoms with van der Waals surface area (Å²) in [5.74, 6) is -0.780. The van der Waals surface area contributed by atoms with Gasteiger partial charge in [0.25, 0.3) is 5.91 Å². The Kier molecular flexibility index (Phi) is 4.56. The van der Waals surface area contributed by atoms with E-state index in [2.05, 4.69) is 5.32 Å². The van der Waals surface area contributed by atoms with E-state index in [9.17, 15) is 9.59 Å². The van der Waals surface area contributed by atoms with Crippen molar-refractivity contribution in [2.24, 2.45) is 5.73 Å². The molecule has 0 unspecified atom stereocenters. The maximum atomic E-state index is 12.1. The first-order valence-corrected chi connectivity index (χ1v) is 6.53. The highest BCUT2D eigenvalue weighted by molar-refractivity contribution is 6.03. The van der Waals surface area contributed by atoms with Gasteiger partial charge in [0.2, 0.25) is 5.91 Å². The van der Waals surface area contributed by atoms with Crippen molar-refractivity contribution in [3.8, 4) is 0 Å². The number of likely N-dealkylation sites (N-methyl/N-ethyl adjacent to an activating group) is 1. The molecule has 5 heteroatoms. The molecule has 2 amide bonds. The average Bonchev–Trinajstić information content (AvgIpc) is 2.48. The van der Waals surface area contributed by atoms with Gasteiger partial charge in [-0.3, -0.25) is 9.59 Å². The Labute approximate surface area is 123 Å². The van der Waals surface area contributed by atoms with Crippen molar-refractivity contribution in [1.82, 2.24) is 0 Å². The fourth-order valence-electron chi connectivity index (χ4n) is 1.99. The van der Waals surface area contributed by atoms with E-state index in [1.165, 1.54) is 0 Å². The van der Waals surface area contributed by atoms with Crippen LogP contribution >= 0.6 is 0 Å². The molecule has 0 aliphatic carbocycles. The quantitative estimate of drug-likeness (QED) is 0.879. The van der Waals surface area contributed by atoms with Crippen molar-refractivity contribution in [3.63, 3.8) is 0 Å². The van der Waals surface area contributed by atoms with Crippen LogP contribution in [0.25, 0.3) is 0 Å². The smallest absolute Gasteiger partial charge is 0.250 e. The van der Waals surface area contributed by atoms with Crippen LogP contribution in [0, 0.1) is 0 Å². The molecule has 0 fully saturated rings. The predicted molar refractivity (Wildman–Crippen MR) is 83.3 cm³/mol. The number of anilines is 2. The highest BCUT2D eigenvalue weighted by atomic mass is 16.2. The van der Waals surface area contributed by atoms with Crippen LogP contribution < -0.4 is 16.0 Å². The van der Waals surface area contributed by atoms with Gasteiger partial charge >= 0.3 is 0 Å². The van der Waals surface area contributed by atoms with Gasteiger partial charge in [-0.1, -0.05) is 30.3 Å². The number of hydrogen-bond acceptors (Lipinski definition) is 3. The van der Waals surface area contributed by atoms with Crippen molar-refractivity contribution in [3.05, 3.63) is 60.2 Å². The minimum absolute atomic E-state index is 0.178. The zero-order valence-corrected chi connectivity index (χ0v) is 11.7. The molecule has 0 aliphatic rings. The molecule has 21 heavy (non-hydrogen) atoms. The van der Waals surface area contributed by atoms with Gasteiger partial charge in [-0.05, 0) is 24.3 Å². The summed E-state index contributed by atoms with van der Waals surface area (Å²) in [6.07, 6.45) is 0. The van der Waals surface area contributed by atoms with E-state index in [1.807, 2.05) is 42.3 Å². The number of hydrogen-bond donors (Lipinski definition) is 2. The van der Waals surface area contributed by atoms with Crippen LogP contribution in [0.15, 0.2) is 54.6 Å². The Morgan fingerprint density at radius 2 is 1.67 bits per heavy atom. The number of carbonyl (C=O) groups excluding carboxylic acids is 2. The van der Waals surface area contributed by atoms with Crippen LogP contribution in [-0.2, 0) is 4.79 Å². The van der Waals surface area contributed by atoms with Crippen LogP contribution in [0.2, 0.25) is 0 Å². The number of primary amides is 1. The number of carbonyl (C=O) groups is 2. The Morgan fingerprint density at radius 3 is 2.33 bits per heavy atom. The van der Waals surface area contributed by atoms with Crippen LogP contribution in [0.1, 0.15) is 10.4 Å². The van der Waals surface area contributed by atoms with Crippen molar-refractivity contribution < 1.29 is 9.59 Å². The number of amides is 2. The summed E-state index contributed by atoms with van der Waals surface area (Å²) in [6, 6.07) is 16.3. The third-order valence-corrected chi connectivity index (χ3v) is 3.04.